The van der Waals surface area contributed by atoms with Gasteiger partial charge in [-0.1, -0.05) is 0 Å². The maximum Gasteiger partial charge on any atom is 0.250 e. The van der Waals surface area contributed by atoms with Gasteiger partial charge in [-0.15, -0.1) is 0 Å². The molecule has 1 heterocycles. The molecule has 1 aliphatic heterocycles. The number of amides is 2. The second kappa shape index (κ2) is 12.4. The molecular formula is C26H33F4N5O4S. The summed E-state index contributed by atoms with van der Waals surface area (Å²) in [4.78, 5) is 26.7. The third-order valence-corrected chi connectivity index (χ3v) is 9.17. The number of sulfonamides is 1. The number of nitrogens with one attached hydrogen (secondary N) is 2. The van der Waals surface area contributed by atoms with E-state index in [9.17, 15) is 35.6 Å². The molecule has 6 N–H and O–H groups in total. The molecular weight excluding hydrogens is 554 g/mol. The maximum absolute atomic E-state index is 14.6. The van der Waals surface area contributed by atoms with Crippen LogP contribution in [0.2, 0.25) is 0 Å². The molecule has 2 amide bonds. The standard InChI is InChI=1S/C26H33F4N5O4S/c27-19-11-22(30)24(40(38,39)34-6-5-31)10-18(19)26(37)33-13-15-2-1-7-35(15)25(36)12-23(32)16-4-3-14-8-20(28)21(29)9-17(14)16/h8-10,15-16,19,23,34H,1-7,11-13,31-32H2,(H,33,37). The number of nitrogens with zero attached hydrogens (tertiary/aromatic N) is 1. The first-order chi connectivity index (χ1) is 18.9. The van der Waals surface area contributed by atoms with Crippen molar-refractivity contribution in [2.75, 3.05) is 26.2 Å². The Morgan fingerprint density at radius 2 is 1.88 bits per heavy atom. The number of carbonyl (C=O) groups is 2. The molecule has 40 heavy (non-hydrogen) atoms. The van der Waals surface area contributed by atoms with Gasteiger partial charge < -0.3 is 21.7 Å². The minimum Gasteiger partial charge on any atom is -0.350 e. The number of fused-ring (bicyclic) bond motifs is 1. The fourth-order valence-electron chi connectivity index (χ4n) is 5.61. The summed E-state index contributed by atoms with van der Waals surface area (Å²) in [5.41, 5.74) is 12.4. The quantitative estimate of drug-likeness (QED) is 0.306. The van der Waals surface area contributed by atoms with Gasteiger partial charge in [0, 0.05) is 57.0 Å². The van der Waals surface area contributed by atoms with Crippen LogP contribution in [0.4, 0.5) is 17.6 Å². The maximum atomic E-state index is 14.6. The number of rotatable bonds is 10. The number of hydrogen-bond donors (Lipinski definition) is 4. The second-order valence-electron chi connectivity index (χ2n) is 10.3. The molecule has 1 fully saturated rings. The summed E-state index contributed by atoms with van der Waals surface area (Å²) in [6.07, 6.45) is 0.0390. The summed E-state index contributed by atoms with van der Waals surface area (Å²) in [6, 6.07) is 1.28. The Hall–Kier alpha value is -2.81. The zero-order valence-corrected chi connectivity index (χ0v) is 22.6. The summed E-state index contributed by atoms with van der Waals surface area (Å²) in [6.45, 7) is 0.196. The lowest BCUT2D eigenvalue weighted by atomic mass is 9.91. The van der Waals surface area contributed by atoms with E-state index in [0.29, 0.717) is 49.4 Å². The Labute approximate surface area is 230 Å². The first-order valence-electron chi connectivity index (χ1n) is 13.2. The van der Waals surface area contributed by atoms with Crippen molar-refractivity contribution in [2.45, 2.75) is 62.7 Å². The van der Waals surface area contributed by atoms with Gasteiger partial charge in [-0.05, 0) is 55.0 Å². The highest BCUT2D eigenvalue weighted by Crippen LogP contribution is 2.37. The van der Waals surface area contributed by atoms with Crippen LogP contribution in [0.3, 0.4) is 0 Å². The highest BCUT2D eigenvalue weighted by Gasteiger charge is 2.36. The SMILES string of the molecule is NCCNS(=O)(=O)C1=C(F)CC(F)C(C(=O)NCC2CCCN2C(=O)CC(N)C2CCc3cc(F)c(F)cc32)=C1. The Morgan fingerprint density at radius 3 is 2.60 bits per heavy atom. The number of likely N-dealkylation sites (tertiary alicyclic amines) is 1. The van der Waals surface area contributed by atoms with Gasteiger partial charge in [0.05, 0.1) is 5.57 Å². The second-order valence-corrected chi connectivity index (χ2v) is 12.0. The van der Waals surface area contributed by atoms with Crippen LogP contribution >= 0.6 is 0 Å². The van der Waals surface area contributed by atoms with E-state index >= 15 is 0 Å². The van der Waals surface area contributed by atoms with Gasteiger partial charge in [-0.25, -0.2) is 30.7 Å². The Bertz CT molecular complexity index is 1340. The molecule has 0 radical (unpaired) electrons. The number of allylic oxidation sites excluding steroid dienone is 2. The van der Waals surface area contributed by atoms with Gasteiger partial charge in [-0.3, -0.25) is 9.59 Å². The average Bonchev–Trinajstić information content (AvgIpc) is 3.53. The number of halogens is 4. The highest BCUT2D eigenvalue weighted by atomic mass is 32.2. The molecule has 4 atom stereocenters. The molecule has 1 aromatic carbocycles. The van der Waals surface area contributed by atoms with E-state index in [2.05, 4.69) is 10.0 Å². The van der Waals surface area contributed by atoms with E-state index < -0.39 is 68.5 Å². The topological polar surface area (TPSA) is 148 Å². The summed E-state index contributed by atoms with van der Waals surface area (Å²) in [5, 5.41) is 2.54. The van der Waals surface area contributed by atoms with Gasteiger partial charge in [0.2, 0.25) is 21.8 Å². The summed E-state index contributed by atoms with van der Waals surface area (Å²) in [7, 11) is -4.33. The van der Waals surface area contributed by atoms with Crippen molar-refractivity contribution >= 4 is 21.8 Å². The monoisotopic (exact) mass is 587 g/mol. The third kappa shape index (κ3) is 6.40. The molecule has 1 aromatic rings. The minimum absolute atomic E-state index is 0.0275. The molecule has 4 unspecified atom stereocenters. The smallest absolute Gasteiger partial charge is 0.250 e. The average molecular weight is 588 g/mol. The van der Waals surface area contributed by atoms with E-state index in [1.165, 1.54) is 6.07 Å². The minimum atomic E-state index is -4.33. The predicted molar refractivity (Wildman–Crippen MR) is 139 cm³/mol. The van der Waals surface area contributed by atoms with Gasteiger partial charge in [0.15, 0.2) is 11.6 Å². The van der Waals surface area contributed by atoms with Crippen molar-refractivity contribution in [1.82, 2.24) is 14.9 Å². The van der Waals surface area contributed by atoms with Crippen molar-refractivity contribution in [3.05, 3.63) is 57.3 Å². The number of hydrogen-bond acceptors (Lipinski definition) is 6. The van der Waals surface area contributed by atoms with Gasteiger partial charge in [0.25, 0.3) is 0 Å². The summed E-state index contributed by atoms with van der Waals surface area (Å²) < 4.78 is 83.0. The largest absolute Gasteiger partial charge is 0.350 e. The fraction of sp³-hybridized carbons (Fsp3) is 0.538. The van der Waals surface area contributed by atoms with E-state index in [1.807, 2.05) is 0 Å². The molecule has 0 saturated carbocycles. The summed E-state index contributed by atoms with van der Waals surface area (Å²) >= 11 is 0. The molecule has 2 aliphatic carbocycles. The van der Waals surface area contributed by atoms with E-state index in [4.69, 9.17) is 11.5 Å². The summed E-state index contributed by atoms with van der Waals surface area (Å²) in [5.74, 6) is -4.54. The first-order valence-corrected chi connectivity index (χ1v) is 14.7. The molecule has 14 heteroatoms. The van der Waals surface area contributed by atoms with Crippen LogP contribution in [-0.2, 0) is 26.0 Å². The van der Waals surface area contributed by atoms with Crippen molar-refractivity contribution in [3.8, 4) is 0 Å². The molecule has 9 nitrogen and oxygen atoms in total. The van der Waals surface area contributed by atoms with Crippen LogP contribution < -0.4 is 21.5 Å². The van der Waals surface area contributed by atoms with Gasteiger partial charge in [0.1, 0.15) is 16.9 Å². The van der Waals surface area contributed by atoms with Crippen LogP contribution in [0, 0.1) is 11.6 Å². The zero-order valence-electron chi connectivity index (χ0n) is 21.8. The van der Waals surface area contributed by atoms with E-state index in [-0.39, 0.29) is 37.9 Å². The lowest BCUT2D eigenvalue weighted by Gasteiger charge is -2.28. The van der Waals surface area contributed by atoms with E-state index in [1.54, 1.807) is 4.90 Å². The van der Waals surface area contributed by atoms with Crippen molar-refractivity contribution in [2.24, 2.45) is 11.5 Å². The zero-order chi connectivity index (χ0) is 29.2. The lowest BCUT2D eigenvalue weighted by Crippen LogP contribution is -2.46. The number of nitrogens with two attached hydrogens (primary N) is 2. The van der Waals surface area contributed by atoms with Crippen molar-refractivity contribution < 1.29 is 35.6 Å². The number of alkyl halides is 1. The van der Waals surface area contributed by atoms with Crippen LogP contribution in [0.1, 0.15) is 49.1 Å². The highest BCUT2D eigenvalue weighted by molar-refractivity contribution is 7.93. The van der Waals surface area contributed by atoms with Crippen molar-refractivity contribution in [1.29, 1.82) is 0 Å². The lowest BCUT2D eigenvalue weighted by molar-refractivity contribution is -0.133. The van der Waals surface area contributed by atoms with Gasteiger partial charge >= 0.3 is 0 Å². The predicted octanol–water partition coefficient (Wildman–Crippen LogP) is 1.55. The normalized spacial score (nSPS) is 23.7. The van der Waals surface area contributed by atoms with Crippen LogP contribution in [0.15, 0.2) is 34.5 Å². The number of benzene rings is 1. The van der Waals surface area contributed by atoms with Gasteiger partial charge in [-0.2, -0.15) is 0 Å². The molecule has 1 saturated heterocycles. The first kappa shape index (κ1) is 30.2. The molecule has 0 spiro atoms. The van der Waals surface area contributed by atoms with E-state index in [0.717, 1.165) is 6.07 Å². The molecule has 3 aliphatic rings. The fourth-order valence-corrected chi connectivity index (χ4v) is 6.81. The van der Waals surface area contributed by atoms with Crippen molar-refractivity contribution in [3.63, 3.8) is 0 Å². The Kier molecular flexibility index (Phi) is 9.33. The molecule has 4 rings (SSSR count). The third-order valence-electron chi connectivity index (χ3n) is 7.67. The van der Waals surface area contributed by atoms with Crippen LogP contribution in [0.25, 0.3) is 0 Å². The molecule has 0 aromatic heterocycles. The Morgan fingerprint density at radius 1 is 1.15 bits per heavy atom. The Balaban J connectivity index is 1.37. The number of carbonyl (C=O) groups excluding carboxylic acids is 2. The molecule has 0 bridgehead atoms. The number of aryl methyl sites for hydroxylation is 1. The van der Waals surface area contributed by atoms with Crippen LogP contribution in [0.5, 0.6) is 0 Å². The van der Waals surface area contributed by atoms with Crippen LogP contribution in [-0.4, -0.2) is 69.6 Å². The molecule has 220 valence electrons.